The molecule has 1 fully saturated rings. The molecule has 5 nitrogen and oxygen atoms in total. The van der Waals surface area contributed by atoms with Gasteiger partial charge in [0, 0.05) is 0 Å². The van der Waals surface area contributed by atoms with Crippen LogP contribution < -0.4 is 4.72 Å². The lowest BCUT2D eigenvalue weighted by Crippen LogP contribution is -2.46. The number of nitrogens with one attached hydrogen (secondary N) is 1. The van der Waals surface area contributed by atoms with E-state index in [0.717, 1.165) is 0 Å². The Bertz CT molecular complexity index is 332. The van der Waals surface area contributed by atoms with Gasteiger partial charge in [-0.15, -0.1) is 0 Å². The summed E-state index contributed by atoms with van der Waals surface area (Å²) in [7, 11) is -2.08. The van der Waals surface area contributed by atoms with E-state index in [-0.39, 0.29) is 11.2 Å². The summed E-state index contributed by atoms with van der Waals surface area (Å²) in [6.07, 6.45) is 1.36. The average Bonchev–Trinajstić information content (AvgIpc) is 2.95. The molecule has 1 rings (SSSR count). The van der Waals surface area contributed by atoms with Crippen LogP contribution in [0.1, 0.15) is 26.7 Å². The molecule has 1 aliphatic carbocycles. The summed E-state index contributed by atoms with van der Waals surface area (Å²) in [5.41, 5.74) is 0. The van der Waals surface area contributed by atoms with E-state index in [1.54, 1.807) is 13.8 Å². The van der Waals surface area contributed by atoms with Crippen molar-refractivity contribution in [2.45, 2.75) is 38.0 Å². The smallest absolute Gasteiger partial charge is 0.324 e. The van der Waals surface area contributed by atoms with Crippen LogP contribution in [0.4, 0.5) is 0 Å². The van der Waals surface area contributed by atoms with E-state index < -0.39 is 22.0 Å². The van der Waals surface area contributed by atoms with Gasteiger partial charge in [-0.25, -0.2) is 13.1 Å². The first-order valence-electron chi connectivity index (χ1n) is 4.97. The van der Waals surface area contributed by atoms with Crippen LogP contribution in [-0.2, 0) is 19.6 Å². The summed E-state index contributed by atoms with van der Waals surface area (Å²) in [4.78, 5) is 11.3. The number of ether oxygens (including phenoxy) is 1. The molecule has 15 heavy (non-hydrogen) atoms. The number of carbonyl (C=O) groups is 1. The van der Waals surface area contributed by atoms with E-state index in [1.165, 1.54) is 7.11 Å². The van der Waals surface area contributed by atoms with E-state index >= 15 is 0 Å². The van der Waals surface area contributed by atoms with Gasteiger partial charge in [-0.2, -0.15) is 0 Å². The molecule has 1 saturated carbocycles. The molecule has 1 unspecified atom stereocenters. The minimum absolute atomic E-state index is 0.119. The standard InChI is InChI=1S/C9H17NO4S/c1-6(2)8(9(11)14-3)10-15(12,13)7-4-5-7/h6-8,10H,4-5H2,1-3H3. The number of rotatable bonds is 5. The van der Waals surface area contributed by atoms with Crippen molar-refractivity contribution >= 4 is 16.0 Å². The van der Waals surface area contributed by atoms with E-state index in [9.17, 15) is 13.2 Å². The van der Waals surface area contributed by atoms with Crippen molar-refractivity contribution in [3.05, 3.63) is 0 Å². The molecule has 0 aromatic rings. The van der Waals surface area contributed by atoms with Crippen LogP contribution in [0.2, 0.25) is 0 Å². The molecule has 0 bridgehead atoms. The third-order valence-corrected chi connectivity index (χ3v) is 4.31. The van der Waals surface area contributed by atoms with Gasteiger partial charge in [0.15, 0.2) is 0 Å². The van der Waals surface area contributed by atoms with Crippen molar-refractivity contribution < 1.29 is 17.9 Å². The molecule has 1 atom stereocenters. The normalized spacial score (nSPS) is 18.9. The molecule has 1 aliphatic rings. The van der Waals surface area contributed by atoms with Crippen LogP contribution >= 0.6 is 0 Å². The molecule has 0 amide bonds. The number of hydrogen-bond donors (Lipinski definition) is 1. The van der Waals surface area contributed by atoms with Crippen LogP contribution in [0.3, 0.4) is 0 Å². The van der Waals surface area contributed by atoms with E-state index in [1.807, 2.05) is 0 Å². The highest BCUT2D eigenvalue weighted by Crippen LogP contribution is 2.28. The Morgan fingerprint density at radius 1 is 1.40 bits per heavy atom. The number of esters is 1. The fraction of sp³-hybridized carbons (Fsp3) is 0.889. The largest absolute Gasteiger partial charge is 0.468 e. The van der Waals surface area contributed by atoms with Crippen LogP contribution in [-0.4, -0.2) is 32.8 Å². The first-order valence-corrected chi connectivity index (χ1v) is 6.52. The lowest BCUT2D eigenvalue weighted by Gasteiger charge is -2.19. The minimum Gasteiger partial charge on any atom is -0.468 e. The molecular weight excluding hydrogens is 218 g/mol. The Kier molecular flexibility index (Phi) is 3.72. The molecule has 0 aliphatic heterocycles. The van der Waals surface area contributed by atoms with E-state index in [2.05, 4.69) is 9.46 Å². The van der Waals surface area contributed by atoms with Gasteiger partial charge in [0.25, 0.3) is 0 Å². The molecular formula is C9H17NO4S. The Morgan fingerprint density at radius 2 is 1.93 bits per heavy atom. The number of carbonyl (C=O) groups excluding carboxylic acids is 1. The summed E-state index contributed by atoms with van der Waals surface area (Å²) < 4.78 is 30.2. The molecule has 0 radical (unpaired) electrons. The van der Waals surface area contributed by atoms with Crippen LogP contribution in [0.5, 0.6) is 0 Å². The number of sulfonamides is 1. The zero-order valence-corrected chi connectivity index (χ0v) is 10.0. The third kappa shape index (κ3) is 3.17. The zero-order valence-electron chi connectivity index (χ0n) is 9.19. The summed E-state index contributed by atoms with van der Waals surface area (Å²) in [5, 5.41) is -0.316. The Balaban J connectivity index is 2.70. The van der Waals surface area contributed by atoms with Crippen molar-refractivity contribution in [1.29, 1.82) is 0 Å². The van der Waals surface area contributed by atoms with Gasteiger partial charge in [0.1, 0.15) is 6.04 Å². The average molecular weight is 235 g/mol. The van der Waals surface area contributed by atoms with E-state index in [0.29, 0.717) is 12.8 Å². The first-order chi connectivity index (χ1) is 6.88. The maximum absolute atomic E-state index is 11.6. The Morgan fingerprint density at radius 3 is 2.27 bits per heavy atom. The molecule has 6 heteroatoms. The van der Waals surface area contributed by atoms with Gasteiger partial charge in [-0.1, -0.05) is 13.8 Å². The topological polar surface area (TPSA) is 72.5 Å². The van der Waals surface area contributed by atoms with Crippen molar-refractivity contribution in [2.75, 3.05) is 7.11 Å². The van der Waals surface area contributed by atoms with E-state index in [4.69, 9.17) is 0 Å². The summed E-state index contributed by atoms with van der Waals surface area (Å²) >= 11 is 0. The van der Waals surface area contributed by atoms with Crippen LogP contribution in [0, 0.1) is 5.92 Å². The maximum atomic E-state index is 11.6. The van der Waals surface area contributed by atoms with Crippen LogP contribution in [0.15, 0.2) is 0 Å². The second-order valence-electron chi connectivity index (χ2n) is 4.11. The molecule has 0 saturated heterocycles. The third-order valence-electron chi connectivity index (χ3n) is 2.38. The number of hydrogen-bond acceptors (Lipinski definition) is 4. The highest BCUT2D eigenvalue weighted by atomic mass is 32.2. The van der Waals surface area contributed by atoms with Crippen molar-refractivity contribution in [3.8, 4) is 0 Å². The summed E-state index contributed by atoms with van der Waals surface area (Å²) in [6, 6.07) is -0.777. The minimum atomic E-state index is -3.34. The Labute approximate surface area is 90.2 Å². The number of methoxy groups -OCH3 is 1. The molecule has 0 spiro atoms. The van der Waals surface area contributed by atoms with Gasteiger partial charge in [-0.05, 0) is 18.8 Å². The van der Waals surface area contributed by atoms with Gasteiger partial charge in [0.2, 0.25) is 10.0 Å². The van der Waals surface area contributed by atoms with Crippen LogP contribution in [0.25, 0.3) is 0 Å². The second-order valence-corrected chi connectivity index (χ2v) is 6.10. The van der Waals surface area contributed by atoms with Crippen molar-refractivity contribution in [3.63, 3.8) is 0 Å². The summed E-state index contributed by atoms with van der Waals surface area (Å²) in [5.74, 6) is -0.653. The predicted molar refractivity (Wildman–Crippen MR) is 55.7 cm³/mol. The van der Waals surface area contributed by atoms with Gasteiger partial charge in [-0.3, -0.25) is 4.79 Å². The van der Waals surface area contributed by atoms with Gasteiger partial charge in [0.05, 0.1) is 12.4 Å². The first kappa shape index (κ1) is 12.4. The summed E-state index contributed by atoms with van der Waals surface area (Å²) in [6.45, 7) is 3.55. The molecule has 0 aromatic carbocycles. The molecule has 88 valence electrons. The maximum Gasteiger partial charge on any atom is 0.324 e. The highest BCUT2D eigenvalue weighted by Gasteiger charge is 2.39. The zero-order chi connectivity index (χ0) is 11.6. The lowest BCUT2D eigenvalue weighted by molar-refractivity contribution is -0.143. The highest BCUT2D eigenvalue weighted by molar-refractivity contribution is 7.90. The van der Waals surface area contributed by atoms with Crippen molar-refractivity contribution in [2.24, 2.45) is 5.92 Å². The Hall–Kier alpha value is -0.620. The molecule has 0 heterocycles. The van der Waals surface area contributed by atoms with Gasteiger partial charge >= 0.3 is 5.97 Å². The SMILES string of the molecule is COC(=O)C(NS(=O)(=O)C1CC1)C(C)C. The predicted octanol–water partition coefficient (Wildman–Crippen LogP) is 0.266. The molecule has 1 N–H and O–H groups in total. The monoisotopic (exact) mass is 235 g/mol. The quantitative estimate of drug-likeness (QED) is 0.694. The van der Waals surface area contributed by atoms with Gasteiger partial charge < -0.3 is 4.74 Å². The second kappa shape index (κ2) is 4.49. The lowest BCUT2D eigenvalue weighted by atomic mass is 10.1. The van der Waals surface area contributed by atoms with Crippen molar-refractivity contribution in [1.82, 2.24) is 4.72 Å². The fourth-order valence-corrected chi connectivity index (χ4v) is 2.91. The molecule has 0 aromatic heterocycles. The fourth-order valence-electron chi connectivity index (χ4n) is 1.23.